The minimum Gasteiger partial charge on any atom is -0.298 e. The zero-order valence-corrected chi connectivity index (χ0v) is 15.5. The van der Waals surface area contributed by atoms with Crippen molar-refractivity contribution in [3.05, 3.63) is 12.7 Å². The zero-order valence-electron chi connectivity index (χ0n) is 14.6. The second-order valence-electron chi connectivity index (χ2n) is 7.61. The van der Waals surface area contributed by atoms with Gasteiger partial charge in [-0.15, -0.1) is 6.58 Å². The van der Waals surface area contributed by atoms with Crippen LogP contribution in [0.5, 0.6) is 0 Å². The smallest absolute Gasteiger partial charge is 0.298 e. The van der Waals surface area contributed by atoms with E-state index in [0.717, 1.165) is 0 Å². The average Bonchev–Trinajstić information content (AvgIpc) is 2.87. The lowest BCUT2D eigenvalue weighted by Crippen LogP contribution is -2.59. The molecule has 27 heavy (non-hydrogen) atoms. The Bertz CT molecular complexity index is 656. The quantitative estimate of drug-likeness (QED) is 0.254. The molecule has 0 spiro atoms. The van der Waals surface area contributed by atoms with Crippen LogP contribution in [0.1, 0.15) is 26.7 Å². The largest absolute Gasteiger partial charge is 0.460 e. The number of thioether (sulfide) groups is 1. The van der Waals surface area contributed by atoms with E-state index < -0.39 is 52.3 Å². The Hall–Kier alpha value is -1.06. The van der Waals surface area contributed by atoms with Crippen molar-refractivity contribution in [3.8, 4) is 0 Å². The van der Waals surface area contributed by atoms with Gasteiger partial charge in [-0.3, -0.25) is 9.59 Å². The molecule has 0 amide bonds. The second kappa shape index (κ2) is 6.49. The molecule has 2 aliphatic rings. The minimum atomic E-state index is -6.61. The lowest BCUT2D eigenvalue weighted by atomic mass is 9.70. The van der Waals surface area contributed by atoms with Gasteiger partial charge in [-0.05, 0) is 24.2 Å². The van der Waals surface area contributed by atoms with Gasteiger partial charge in [0.1, 0.15) is 0 Å². The van der Waals surface area contributed by atoms with E-state index in [9.17, 15) is 40.3 Å². The van der Waals surface area contributed by atoms with Crippen LogP contribution in [0.3, 0.4) is 0 Å². The second-order valence-corrected chi connectivity index (χ2v) is 8.64. The van der Waals surface area contributed by atoms with Crippen molar-refractivity contribution in [1.29, 1.82) is 0 Å². The fraction of sp³-hybridized carbons (Fsp3) is 0.765. The summed E-state index contributed by atoms with van der Waals surface area (Å²) >= 11 is 1.27. The summed E-state index contributed by atoms with van der Waals surface area (Å²) in [5.74, 6) is -18.7. The summed E-state index contributed by atoms with van der Waals surface area (Å²) < 4.78 is 91.7. The molecule has 2 nitrogen and oxygen atoms in total. The Balaban J connectivity index is 2.42. The van der Waals surface area contributed by atoms with Crippen LogP contribution in [0, 0.1) is 22.7 Å². The Morgan fingerprint density at radius 2 is 1.78 bits per heavy atom. The molecule has 154 valence electrons. The fourth-order valence-electron chi connectivity index (χ4n) is 4.42. The van der Waals surface area contributed by atoms with Crippen LogP contribution >= 0.6 is 11.8 Å². The first kappa shape index (κ1) is 22.2. The third-order valence-electron chi connectivity index (χ3n) is 6.13. The number of fused-ring (bicyclic) bond motifs is 2. The van der Waals surface area contributed by atoms with Gasteiger partial charge in [0.05, 0.1) is 5.92 Å². The molecule has 0 heterocycles. The van der Waals surface area contributed by atoms with Crippen molar-refractivity contribution >= 4 is 23.3 Å². The first-order valence-electron chi connectivity index (χ1n) is 8.19. The van der Waals surface area contributed by atoms with Crippen LogP contribution in [0.4, 0.5) is 30.7 Å². The van der Waals surface area contributed by atoms with E-state index in [1.54, 1.807) is 19.9 Å². The monoisotopic (exact) mass is 420 g/mol. The highest BCUT2D eigenvalue weighted by Gasteiger charge is 2.80. The van der Waals surface area contributed by atoms with Crippen LogP contribution in [-0.2, 0) is 9.59 Å². The standard InChI is InChI=1S/C17H19F7O2S/c1-4-7-27-8-14-6-5-9(13(14,2)3)10(11(14)25)12(26)15(18,19)16(20,21)17(22,23)24/h4,9-10H,1,5-8H2,2-3H3/t9?,10?,14-/m1/s1. The molecule has 0 aromatic heterocycles. The lowest BCUT2D eigenvalue weighted by Gasteiger charge is -2.36. The molecule has 2 bridgehead atoms. The summed E-state index contributed by atoms with van der Waals surface area (Å²) in [4.78, 5) is 25.0. The minimum absolute atomic E-state index is 0.136. The van der Waals surface area contributed by atoms with Crippen molar-refractivity contribution < 1.29 is 40.3 Å². The molecule has 0 N–H and O–H groups in total. The number of carbonyl (C=O) groups excluding carboxylic acids is 2. The maximum absolute atomic E-state index is 13.9. The first-order chi connectivity index (χ1) is 12.1. The van der Waals surface area contributed by atoms with Gasteiger partial charge >= 0.3 is 18.0 Å². The lowest BCUT2D eigenvalue weighted by molar-refractivity contribution is -0.344. The molecule has 0 radical (unpaired) electrons. The Morgan fingerprint density at radius 3 is 2.26 bits per heavy atom. The Labute approximate surface area is 155 Å². The van der Waals surface area contributed by atoms with Gasteiger partial charge in [-0.2, -0.15) is 42.5 Å². The van der Waals surface area contributed by atoms with Crippen LogP contribution in [0.25, 0.3) is 0 Å². The number of rotatable bonds is 7. The molecule has 0 saturated heterocycles. The molecule has 0 aliphatic heterocycles. The number of alkyl halides is 7. The van der Waals surface area contributed by atoms with E-state index in [1.165, 1.54) is 11.8 Å². The summed E-state index contributed by atoms with van der Waals surface area (Å²) in [6.07, 6.45) is -4.64. The Kier molecular flexibility index (Phi) is 5.34. The molecule has 10 heteroatoms. The number of halogens is 7. The van der Waals surface area contributed by atoms with Gasteiger partial charge in [0, 0.05) is 16.9 Å². The van der Waals surface area contributed by atoms with Crippen molar-refractivity contribution in [2.75, 3.05) is 11.5 Å². The highest BCUT2D eigenvalue weighted by atomic mass is 32.2. The highest BCUT2D eigenvalue weighted by molar-refractivity contribution is 7.99. The normalized spacial score (nSPS) is 30.6. The topological polar surface area (TPSA) is 34.1 Å². The molecule has 2 aliphatic carbocycles. The number of hydrogen-bond acceptors (Lipinski definition) is 3. The van der Waals surface area contributed by atoms with Crippen molar-refractivity contribution in [2.24, 2.45) is 22.7 Å². The third-order valence-corrected chi connectivity index (χ3v) is 7.29. The predicted molar refractivity (Wildman–Crippen MR) is 85.9 cm³/mol. The predicted octanol–water partition coefficient (Wildman–Crippen LogP) is 4.93. The van der Waals surface area contributed by atoms with Gasteiger partial charge in [0.15, 0.2) is 5.78 Å². The molecule has 2 fully saturated rings. The molecule has 0 aromatic carbocycles. The van der Waals surface area contributed by atoms with E-state index in [2.05, 4.69) is 6.58 Å². The average molecular weight is 420 g/mol. The third kappa shape index (κ3) is 2.84. The Morgan fingerprint density at radius 1 is 1.22 bits per heavy atom. The molecule has 3 atom stereocenters. The van der Waals surface area contributed by atoms with Crippen LogP contribution in [0.15, 0.2) is 12.7 Å². The summed E-state index contributed by atoms with van der Waals surface area (Å²) in [5.41, 5.74) is -2.18. The zero-order chi connectivity index (χ0) is 21.1. The van der Waals surface area contributed by atoms with Gasteiger partial charge in [0.2, 0.25) is 5.78 Å². The molecule has 2 unspecified atom stereocenters. The maximum atomic E-state index is 13.9. The summed E-state index contributed by atoms with van der Waals surface area (Å²) in [6, 6.07) is 0. The fourth-order valence-corrected chi connectivity index (χ4v) is 5.71. The van der Waals surface area contributed by atoms with E-state index >= 15 is 0 Å². The summed E-state index contributed by atoms with van der Waals surface area (Å²) in [6.45, 7) is 6.66. The number of Topliss-reactive ketones (excluding diaryl/α,β-unsaturated/α-hetero) is 2. The SMILES string of the molecule is C=CCSC[C@]12CCC(C(C(=O)C(F)(F)C(F)(F)C(F)(F)F)C1=O)C2(C)C. The summed E-state index contributed by atoms with van der Waals surface area (Å²) in [5, 5.41) is 0. The van der Waals surface area contributed by atoms with Gasteiger partial charge < -0.3 is 0 Å². The summed E-state index contributed by atoms with van der Waals surface area (Å²) in [7, 11) is 0. The number of ketones is 2. The van der Waals surface area contributed by atoms with Crippen molar-refractivity contribution in [3.63, 3.8) is 0 Å². The maximum Gasteiger partial charge on any atom is 0.460 e. The van der Waals surface area contributed by atoms with Gasteiger partial charge in [-0.1, -0.05) is 19.9 Å². The highest BCUT2D eigenvalue weighted by Crippen LogP contribution is 2.68. The first-order valence-corrected chi connectivity index (χ1v) is 9.34. The van der Waals surface area contributed by atoms with Crippen molar-refractivity contribution in [2.45, 2.75) is 44.7 Å². The van der Waals surface area contributed by atoms with E-state index in [-0.39, 0.29) is 18.6 Å². The van der Waals surface area contributed by atoms with Crippen LogP contribution in [-0.4, -0.2) is 41.1 Å². The van der Waals surface area contributed by atoms with Crippen LogP contribution < -0.4 is 0 Å². The number of carbonyl (C=O) groups is 2. The molecular formula is C17H19F7O2S. The van der Waals surface area contributed by atoms with E-state index in [4.69, 9.17) is 0 Å². The van der Waals surface area contributed by atoms with Gasteiger partial charge in [-0.25, -0.2) is 0 Å². The molecule has 2 rings (SSSR count). The van der Waals surface area contributed by atoms with Crippen molar-refractivity contribution in [1.82, 2.24) is 0 Å². The molecular weight excluding hydrogens is 401 g/mol. The van der Waals surface area contributed by atoms with E-state index in [0.29, 0.717) is 5.75 Å². The van der Waals surface area contributed by atoms with E-state index in [1.807, 2.05) is 0 Å². The van der Waals surface area contributed by atoms with Crippen LogP contribution in [0.2, 0.25) is 0 Å². The number of hydrogen-bond donors (Lipinski definition) is 0. The molecule has 2 saturated carbocycles. The van der Waals surface area contributed by atoms with Gasteiger partial charge in [0.25, 0.3) is 0 Å². The molecule has 0 aromatic rings.